The summed E-state index contributed by atoms with van der Waals surface area (Å²) in [5, 5.41) is 0.613. The predicted octanol–water partition coefficient (Wildman–Crippen LogP) is 6.62. The number of nitrogens with zero attached hydrogens (tertiary/aromatic N) is 4. The maximum atomic E-state index is 13.6. The van der Waals surface area contributed by atoms with Crippen LogP contribution in [0.15, 0.2) is 89.7 Å². The number of carbonyl (C=O) groups excluding carboxylic acids is 1. The Hall–Kier alpha value is -4.23. The summed E-state index contributed by atoms with van der Waals surface area (Å²) in [7, 11) is 0. The van der Waals surface area contributed by atoms with Gasteiger partial charge in [0, 0.05) is 48.2 Å². The molecular weight excluding hydrogens is 558 g/mol. The Morgan fingerprint density at radius 3 is 2.36 bits per heavy atom. The summed E-state index contributed by atoms with van der Waals surface area (Å²) in [5.41, 5.74) is 4.76. The molecule has 45 heavy (non-hydrogen) atoms. The number of para-hydroxylation sites is 3. The molecule has 230 valence electrons. The number of aryl methyl sites for hydroxylation is 1. The van der Waals surface area contributed by atoms with Crippen LogP contribution in [0.3, 0.4) is 0 Å². The van der Waals surface area contributed by atoms with Gasteiger partial charge in [-0.05, 0) is 93.7 Å². The van der Waals surface area contributed by atoms with E-state index in [9.17, 15) is 9.59 Å². The lowest BCUT2D eigenvalue weighted by atomic mass is 9.70. The lowest BCUT2D eigenvalue weighted by Gasteiger charge is -2.45. The van der Waals surface area contributed by atoms with Gasteiger partial charge < -0.3 is 14.5 Å². The van der Waals surface area contributed by atoms with Gasteiger partial charge >= 0.3 is 0 Å². The van der Waals surface area contributed by atoms with E-state index < -0.39 is 0 Å². The molecule has 2 aromatic heterocycles. The van der Waals surface area contributed by atoms with Crippen molar-refractivity contribution in [3.05, 3.63) is 112 Å². The van der Waals surface area contributed by atoms with E-state index in [1.165, 1.54) is 42.8 Å². The number of carbonyl (C=O) groups is 1. The molecule has 8 rings (SSSR count). The summed E-state index contributed by atoms with van der Waals surface area (Å²) in [5.74, 6) is 1.05. The van der Waals surface area contributed by atoms with Crippen LogP contribution >= 0.6 is 0 Å². The highest BCUT2D eigenvalue weighted by molar-refractivity contribution is 5.95. The van der Waals surface area contributed by atoms with Crippen molar-refractivity contribution >= 4 is 27.8 Å². The molecular formula is C38H41N5O2. The Labute approximate surface area is 263 Å². The monoisotopic (exact) mass is 599 g/mol. The highest BCUT2D eigenvalue weighted by atomic mass is 16.2. The van der Waals surface area contributed by atoms with Gasteiger partial charge in [-0.25, -0.2) is 4.98 Å². The molecule has 5 aromatic rings. The zero-order chi connectivity index (χ0) is 30.5. The molecule has 3 aliphatic rings. The van der Waals surface area contributed by atoms with Crippen LogP contribution < -0.4 is 5.43 Å². The van der Waals surface area contributed by atoms with Crippen LogP contribution in [0.4, 0.5) is 0 Å². The minimum Gasteiger partial charge on any atom is -0.350 e. The summed E-state index contributed by atoms with van der Waals surface area (Å²) in [4.78, 5) is 39.2. The van der Waals surface area contributed by atoms with Crippen LogP contribution in [0, 0.1) is 6.92 Å². The molecule has 3 atom stereocenters. The van der Waals surface area contributed by atoms with E-state index >= 15 is 0 Å². The Kier molecular flexibility index (Phi) is 7.09. The van der Waals surface area contributed by atoms with E-state index in [1.54, 1.807) is 6.07 Å². The fourth-order valence-electron chi connectivity index (χ4n) is 8.89. The van der Waals surface area contributed by atoms with Gasteiger partial charge in [0.05, 0.1) is 11.0 Å². The Balaban J connectivity index is 0.986. The zero-order valence-electron chi connectivity index (χ0n) is 26.0. The van der Waals surface area contributed by atoms with Gasteiger partial charge in [0.15, 0.2) is 5.43 Å². The van der Waals surface area contributed by atoms with Gasteiger partial charge in [-0.2, -0.15) is 0 Å². The average Bonchev–Trinajstić information content (AvgIpc) is 3.54. The average molecular weight is 600 g/mol. The molecule has 3 aliphatic heterocycles. The first-order valence-electron chi connectivity index (χ1n) is 16.7. The molecule has 7 heteroatoms. The first-order valence-corrected chi connectivity index (χ1v) is 16.7. The summed E-state index contributed by atoms with van der Waals surface area (Å²) in [6.45, 7) is 4.62. The number of piperidine rings is 2. The van der Waals surface area contributed by atoms with Crippen LogP contribution in [0.5, 0.6) is 0 Å². The first-order chi connectivity index (χ1) is 22.0. The number of nitrogens with one attached hydrogen (secondary N) is 1. The van der Waals surface area contributed by atoms with Crippen molar-refractivity contribution in [2.45, 2.75) is 75.4 Å². The molecule has 1 N–H and O–H groups in total. The number of aromatic amines is 1. The van der Waals surface area contributed by atoms with Crippen LogP contribution in [-0.2, 0) is 5.41 Å². The van der Waals surface area contributed by atoms with E-state index in [4.69, 9.17) is 4.98 Å². The second-order valence-corrected chi connectivity index (χ2v) is 13.5. The number of H-pyrrole nitrogens is 1. The van der Waals surface area contributed by atoms with Gasteiger partial charge in [0.25, 0.3) is 5.91 Å². The highest BCUT2D eigenvalue weighted by Crippen LogP contribution is 2.45. The molecule has 1 amide bonds. The largest absolute Gasteiger partial charge is 0.350 e. The Morgan fingerprint density at radius 2 is 1.58 bits per heavy atom. The first kappa shape index (κ1) is 28.3. The third-order valence-corrected chi connectivity index (χ3v) is 11.2. The number of aromatic nitrogens is 3. The smallest absolute Gasteiger partial charge is 0.270 e. The van der Waals surface area contributed by atoms with E-state index in [0.29, 0.717) is 47.8 Å². The molecule has 2 bridgehead atoms. The number of hydrogen-bond donors (Lipinski definition) is 1. The predicted molar refractivity (Wildman–Crippen MR) is 179 cm³/mol. The molecule has 3 aromatic carbocycles. The van der Waals surface area contributed by atoms with Crippen molar-refractivity contribution in [1.29, 1.82) is 0 Å². The molecule has 3 saturated heterocycles. The number of imidazole rings is 1. The molecule has 3 fully saturated rings. The number of rotatable bonds is 6. The second-order valence-electron chi connectivity index (χ2n) is 13.5. The van der Waals surface area contributed by atoms with Crippen molar-refractivity contribution in [3.63, 3.8) is 0 Å². The van der Waals surface area contributed by atoms with E-state index in [2.05, 4.69) is 76.0 Å². The Bertz CT molecular complexity index is 1910. The molecule has 0 radical (unpaired) electrons. The zero-order valence-corrected chi connectivity index (χ0v) is 26.0. The molecule has 0 saturated carbocycles. The van der Waals surface area contributed by atoms with E-state index in [0.717, 1.165) is 37.1 Å². The van der Waals surface area contributed by atoms with Crippen LogP contribution in [-0.4, -0.2) is 62.0 Å². The SMILES string of the molecule is Cc1nc2ccccc2n1C1C[C@H]2CC[C@@H](C1)N2CCC1(c2ccccc2)CCN(C(=O)c2cc(=O)c3ccccc3[nH]2)CC1. The Morgan fingerprint density at radius 1 is 0.889 bits per heavy atom. The number of benzene rings is 3. The lowest BCUT2D eigenvalue weighted by Crippen LogP contribution is -2.49. The number of likely N-dealkylation sites (tertiary alicyclic amines) is 1. The lowest BCUT2D eigenvalue weighted by molar-refractivity contribution is 0.0602. The van der Waals surface area contributed by atoms with E-state index in [-0.39, 0.29) is 16.8 Å². The number of fused-ring (bicyclic) bond motifs is 4. The standard InChI is InChI=1S/C38H41N5O2/c1-26-39-33-13-7-8-14-35(33)43(26)30-23-28-15-16-29(24-30)42(28)22-19-38(27-9-3-2-4-10-27)17-20-41(21-18-38)37(45)34-25-36(44)31-11-5-6-12-32(31)40-34/h2-14,25,28-30H,15-24H2,1H3,(H,40,44)/t28-,29+,30?. The summed E-state index contributed by atoms with van der Waals surface area (Å²) < 4.78 is 2.51. The van der Waals surface area contributed by atoms with Gasteiger partial charge in [-0.3, -0.25) is 14.5 Å². The van der Waals surface area contributed by atoms with Crippen molar-refractivity contribution in [3.8, 4) is 0 Å². The van der Waals surface area contributed by atoms with Crippen LogP contribution in [0.1, 0.15) is 72.9 Å². The second kappa shape index (κ2) is 11.3. The highest BCUT2D eigenvalue weighted by Gasteiger charge is 2.44. The number of amides is 1. The minimum absolute atomic E-state index is 0.0300. The number of pyridine rings is 1. The van der Waals surface area contributed by atoms with Crippen molar-refractivity contribution in [1.82, 2.24) is 24.3 Å². The molecule has 0 aliphatic carbocycles. The van der Waals surface area contributed by atoms with Crippen molar-refractivity contribution in [2.24, 2.45) is 0 Å². The third kappa shape index (κ3) is 4.98. The van der Waals surface area contributed by atoms with Gasteiger partial charge in [-0.15, -0.1) is 0 Å². The van der Waals surface area contributed by atoms with Gasteiger partial charge in [-0.1, -0.05) is 54.6 Å². The maximum Gasteiger partial charge on any atom is 0.270 e. The molecule has 0 spiro atoms. The fraction of sp³-hybridized carbons (Fsp3) is 0.395. The summed E-state index contributed by atoms with van der Waals surface area (Å²) >= 11 is 0. The quantitative estimate of drug-likeness (QED) is 0.238. The summed E-state index contributed by atoms with van der Waals surface area (Å²) in [6, 6.07) is 30.1. The molecule has 5 heterocycles. The van der Waals surface area contributed by atoms with Gasteiger partial charge in [0.1, 0.15) is 11.5 Å². The molecule has 7 nitrogen and oxygen atoms in total. The van der Waals surface area contributed by atoms with Crippen LogP contribution in [0.2, 0.25) is 0 Å². The molecule has 1 unspecified atom stereocenters. The maximum absolute atomic E-state index is 13.6. The van der Waals surface area contributed by atoms with Gasteiger partial charge in [0.2, 0.25) is 0 Å². The van der Waals surface area contributed by atoms with E-state index in [1.807, 2.05) is 23.1 Å². The van der Waals surface area contributed by atoms with Crippen molar-refractivity contribution < 1.29 is 4.79 Å². The topological polar surface area (TPSA) is 74.2 Å². The van der Waals surface area contributed by atoms with Crippen molar-refractivity contribution in [2.75, 3.05) is 19.6 Å². The summed E-state index contributed by atoms with van der Waals surface area (Å²) in [6.07, 6.45) is 7.86. The minimum atomic E-state index is -0.113. The third-order valence-electron chi connectivity index (χ3n) is 11.2. The van der Waals surface area contributed by atoms with Crippen LogP contribution in [0.25, 0.3) is 21.9 Å². The number of hydrogen-bond acceptors (Lipinski definition) is 4. The normalized spacial score (nSPS) is 23.1. The fourth-order valence-corrected chi connectivity index (χ4v) is 8.89.